The van der Waals surface area contributed by atoms with E-state index in [1.807, 2.05) is 0 Å². The minimum absolute atomic E-state index is 0.127. The third-order valence-corrected chi connectivity index (χ3v) is 4.55. The maximum atomic E-state index is 13.3. The van der Waals surface area contributed by atoms with Crippen LogP contribution in [0.3, 0.4) is 0 Å². The highest BCUT2D eigenvalue weighted by molar-refractivity contribution is 9.10. The standard InChI is InChI=1S/C13H15BrClFN2O/c1-18-4-2-9(3-5-18)17-13(19)10-6-8(16)7-11(14)12(10)15/h6-7,9H,2-5H2,1H3,(H,17,19). The lowest BCUT2D eigenvalue weighted by Crippen LogP contribution is -2.43. The summed E-state index contributed by atoms with van der Waals surface area (Å²) in [6.45, 7) is 1.90. The molecule has 1 aromatic carbocycles. The summed E-state index contributed by atoms with van der Waals surface area (Å²) in [4.78, 5) is 14.3. The lowest BCUT2D eigenvalue weighted by Gasteiger charge is -2.29. The molecule has 1 fully saturated rings. The molecule has 0 radical (unpaired) electrons. The summed E-state index contributed by atoms with van der Waals surface area (Å²) in [7, 11) is 2.05. The third kappa shape index (κ3) is 3.68. The van der Waals surface area contributed by atoms with Crippen LogP contribution < -0.4 is 5.32 Å². The topological polar surface area (TPSA) is 32.3 Å². The van der Waals surface area contributed by atoms with Crippen molar-refractivity contribution in [2.24, 2.45) is 0 Å². The van der Waals surface area contributed by atoms with Crippen molar-refractivity contribution in [3.8, 4) is 0 Å². The first-order valence-electron chi connectivity index (χ1n) is 6.11. The second kappa shape index (κ2) is 6.20. The molecule has 0 unspecified atom stereocenters. The van der Waals surface area contributed by atoms with Gasteiger partial charge in [-0.25, -0.2) is 4.39 Å². The molecule has 1 heterocycles. The number of hydrogen-bond donors (Lipinski definition) is 1. The maximum absolute atomic E-state index is 13.3. The van der Waals surface area contributed by atoms with Crippen LogP contribution in [0.2, 0.25) is 5.02 Å². The van der Waals surface area contributed by atoms with Crippen molar-refractivity contribution in [1.29, 1.82) is 0 Å². The summed E-state index contributed by atoms with van der Waals surface area (Å²) < 4.78 is 13.7. The summed E-state index contributed by atoms with van der Waals surface area (Å²) in [5, 5.41) is 3.16. The van der Waals surface area contributed by atoms with E-state index in [9.17, 15) is 9.18 Å². The highest BCUT2D eigenvalue weighted by Crippen LogP contribution is 2.27. The Labute approximate surface area is 125 Å². The average molecular weight is 350 g/mol. The van der Waals surface area contributed by atoms with Gasteiger partial charge in [0, 0.05) is 10.5 Å². The van der Waals surface area contributed by atoms with Crippen LogP contribution >= 0.6 is 27.5 Å². The molecular weight excluding hydrogens is 335 g/mol. The van der Waals surface area contributed by atoms with Crippen LogP contribution in [0.5, 0.6) is 0 Å². The number of carbonyl (C=O) groups is 1. The fraction of sp³-hybridized carbons (Fsp3) is 0.462. The molecule has 0 aliphatic carbocycles. The Hall–Kier alpha value is -0.650. The maximum Gasteiger partial charge on any atom is 0.253 e. The highest BCUT2D eigenvalue weighted by Gasteiger charge is 2.21. The zero-order chi connectivity index (χ0) is 14.0. The van der Waals surface area contributed by atoms with Crippen LogP contribution in [0.4, 0.5) is 4.39 Å². The van der Waals surface area contributed by atoms with Gasteiger partial charge in [-0.3, -0.25) is 4.79 Å². The van der Waals surface area contributed by atoms with Gasteiger partial charge in [0.1, 0.15) is 5.82 Å². The SMILES string of the molecule is CN1CCC(NC(=O)c2cc(F)cc(Br)c2Cl)CC1. The first kappa shape index (κ1) is 14.8. The van der Waals surface area contributed by atoms with Crippen LogP contribution in [0.15, 0.2) is 16.6 Å². The van der Waals surface area contributed by atoms with E-state index in [1.165, 1.54) is 6.07 Å². The van der Waals surface area contributed by atoms with Gasteiger partial charge < -0.3 is 10.2 Å². The predicted molar refractivity (Wildman–Crippen MR) is 77.1 cm³/mol. The number of carbonyl (C=O) groups excluding carboxylic acids is 1. The molecule has 1 aromatic rings. The first-order valence-corrected chi connectivity index (χ1v) is 7.28. The fourth-order valence-electron chi connectivity index (χ4n) is 2.14. The Bertz CT molecular complexity index is 490. The molecular formula is C13H15BrClFN2O. The van der Waals surface area contributed by atoms with E-state index in [0.29, 0.717) is 4.47 Å². The largest absolute Gasteiger partial charge is 0.349 e. The molecule has 0 atom stereocenters. The van der Waals surface area contributed by atoms with E-state index in [0.717, 1.165) is 32.0 Å². The Kier molecular flexibility index (Phi) is 4.81. The smallest absolute Gasteiger partial charge is 0.253 e. The second-order valence-corrected chi connectivity index (χ2v) is 6.03. The molecule has 0 spiro atoms. The molecule has 1 N–H and O–H groups in total. The minimum atomic E-state index is -0.482. The predicted octanol–water partition coefficient (Wildman–Crippen LogP) is 3.07. The molecule has 0 saturated carbocycles. The lowest BCUT2D eigenvalue weighted by atomic mass is 10.0. The molecule has 19 heavy (non-hydrogen) atoms. The van der Waals surface area contributed by atoms with Crippen molar-refractivity contribution in [1.82, 2.24) is 10.2 Å². The van der Waals surface area contributed by atoms with E-state index in [1.54, 1.807) is 0 Å². The molecule has 2 rings (SSSR count). The van der Waals surface area contributed by atoms with Gasteiger partial charge in [0.15, 0.2) is 0 Å². The molecule has 3 nitrogen and oxygen atoms in total. The van der Waals surface area contributed by atoms with Gasteiger partial charge in [-0.15, -0.1) is 0 Å². The Morgan fingerprint density at radius 2 is 2.11 bits per heavy atom. The van der Waals surface area contributed by atoms with Gasteiger partial charge in [-0.1, -0.05) is 11.6 Å². The van der Waals surface area contributed by atoms with E-state index >= 15 is 0 Å². The van der Waals surface area contributed by atoms with Crippen LogP contribution in [0, 0.1) is 5.82 Å². The van der Waals surface area contributed by atoms with Crippen molar-refractivity contribution < 1.29 is 9.18 Å². The number of rotatable bonds is 2. The van der Waals surface area contributed by atoms with Gasteiger partial charge in [-0.05, 0) is 61.0 Å². The number of halogens is 3. The van der Waals surface area contributed by atoms with Gasteiger partial charge in [0.25, 0.3) is 5.91 Å². The molecule has 1 saturated heterocycles. The number of benzene rings is 1. The van der Waals surface area contributed by atoms with Crippen LogP contribution in [0.25, 0.3) is 0 Å². The number of amides is 1. The summed E-state index contributed by atoms with van der Waals surface area (Å²) in [6.07, 6.45) is 1.80. The first-order chi connectivity index (χ1) is 8.97. The molecule has 1 amide bonds. The van der Waals surface area contributed by atoms with Gasteiger partial charge in [-0.2, -0.15) is 0 Å². The molecule has 1 aliphatic heterocycles. The molecule has 0 bridgehead atoms. The van der Waals surface area contributed by atoms with E-state index in [-0.39, 0.29) is 22.5 Å². The minimum Gasteiger partial charge on any atom is -0.349 e. The van der Waals surface area contributed by atoms with Crippen molar-refractivity contribution in [3.63, 3.8) is 0 Å². The summed E-state index contributed by atoms with van der Waals surface area (Å²) in [5.41, 5.74) is 0.174. The normalized spacial score (nSPS) is 17.5. The zero-order valence-corrected chi connectivity index (χ0v) is 12.9. The van der Waals surface area contributed by atoms with Crippen LogP contribution in [0.1, 0.15) is 23.2 Å². The van der Waals surface area contributed by atoms with Gasteiger partial charge in [0.2, 0.25) is 0 Å². The summed E-state index contributed by atoms with van der Waals surface area (Å²) >= 11 is 9.16. The lowest BCUT2D eigenvalue weighted by molar-refractivity contribution is 0.0916. The van der Waals surface area contributed by atoms with Crippen molar-refractivity contribution in [3.05, 3.63) is 33.0 Å². The van der Waals surface area contributed by atoms with Crippen molar-refractivity contribution in [2.45, 2.75) is 18.9 Å². The number of nitrogens with zero attached hydrogens (tertiary/aromatic N) is 1. The van der Waals surface area contributed by atoms with E-state index in [2.05, 4.69) is 33.2 Å². The van der Waals surface area contributed by atoms with Crippen LogP contribution in [-0.4, -0.2) is 37.0 Å². The Morgan fingerprint density at radius 1 is 1.47 bits per heavy atom. The van der Waals surface area contributed by atoms with E-state index in [4.69, 9.17) is 11.6 Å². The van der Waals surface area contributed by atoms with Gasteiger partial charge in [0.05, 0.1) is 10.6 Å². The fourth-order valence-corrected chi connectivity index (χ4v) is 2.76. The van der Waals surface area contributed by atoms with Crippen LogP contribution in [-0.2, 0) is 0 Å². The van der Waals surface area contributed by atoms with Crippen molar-refractivity contribution in [2.75, 3.05) is 20.1 Å². The van der Waals surface area contributed by atoms with Gasteiger partial charge >= 0.3 is 0 Å². The number of piperidine rings is 1. The molecule has 0 aromatic heterocycles. The highest BCUT2D eigenvalue weighted by atomic mass is 79.9. The summed E-state index contributed by atoms with van der Waals surface area (Å²) in [6, 6.07) is 2.54. The number of likely N-dealkylation sites (tertiary alicyclic amines) is 1. The quantitative estimate of drug-likeness (QED) is 0.832. The summed E-state index contributed by atoms with van der Waals surface area (Å²) in [5.74, 6) is -0.801. The molecule has 1 aliphatic rings. The third-order valence-electron chi connectivity index (χ3n) is 3.29. The number of hydrogen-bond acceptors (Lipinski definition) is 2. The molecule has 104 valence electrons. The molecule has 6 heteroatoms. The monoisotopic (exact) mass is 348 g/mol. The zero-order valence-electron chi connectivity index (χ0n) is 10.5. The van der Waals surface area contributed by atoms with Crippen molar-refractivity contribution >= 4 is 33.4 Å². The Balaban J connectivity index is 2.08. The van der Waals surface area contributed by atoms with E-state index < -0.39 is 5.82 Å². The second-order valence-electron chi connectivity index (χ2n) is 4.80. The number of nitrogens with one attached hydrogen (secondary N) is 1. The average Bonchev–Trinajstić information content (AvgIpc) is 2.36. The Morgan fingerprint density at radius 3 is 2.74 bits per heavy atom.